The van der Waals surface area contributed by atoms with Gasteiger partial charge in [-0.3, -0.25) is 9.69 Å². The summed E-state index contributed by atoms with van der Waals surface area (Å²) < 4.78 is 16.4. The van der Waals surface area contributed by atoms with Crippen molar-refractivity contribution >= 4 is 0 Å². The summed E-state index contributed by atoms with van der Waals surface area (Å²) >= 11 is 0. The molecule has 0 unspecified atom stereocenters. The molecule has 0 bridgehead atoms. The van der Waals surface area contributed by atoms with Crippen LogP contribution in [0.15, 0.2) is 21.5 Å². The molecule has 0 radical (unpaired) electrons. The minimum absolute atomic E-state index is 0.124. The van der Waals surface area contributed by atoms with Gasteiger partial charge in [0.15, 0.2) is 0 Å². The molecule has 128 valence electrons. The molecule has 5 heteroatoms. The van der Waals surface area contributed by atoms with E-state index in [4.69, 9.17) is 13.9 Å². The highest BCUT2D eigenvalue weighted by Gasteiger charge is 2.25. The monoisotopic (exact) mass is 321 g/mol. The molecule has 1 aromatic heterocycles. The normalized spacial score (nSPS) is 23.8. The second-order valence-electron chi connectivity index (χ2n) is 6.75. The lowest BCUT2D eigenvalue weighted by atomic mass is 9.85. The third kappa shape index (κ3) is 4.58. The molecule has 2 heterocycles. The predicted molar refractivity (Wildman–Crippen MR) is 87.7 cm³/mol. The molecule has 23 heavy (non-hydrogen) atoms. The van der Waals surface area contributed by atoms with Crippen LogP contribution in [0.5, 0.6) is 5.75 Å². The Kier molecular flexibility index (Phi) is 5.73. The van der Waals surface area contributed by atoms with Gasteiger partial charge in [0.2, 0.25) is 11.2 Å². The van der Waals surface area contributed by atoms with Gasteiger partial charge in [0.05, 0.1) is 26.4 Å². The summed E-state index contributed by atoms with van der Waals surface area (Å²) in [6, 6.07) is 1.53. The summed E-state index contributed by atoms with van der Waals surface area (Å²) in [5, 5.41) is 0. The average molecular weight is 321 g/mol. The number of ether oxygens (including phenoxy) is 2. The van der Waals surface area contributed by atoms with E-state index in [1.165, 1.54) is 58.0 Å². The molecule has 1 aliphatic heterocycles. The van der Waals surface area contributed by atoms with E-state index in [2.05, 4.69) is 4.90 Å². The summed E-state index contributed by atoms with van der Waals surface area (Å²) in [6.07, 6.45) is 9.74. The third-order valence-corrected chi connectivity index (χ3v) is 5.00. The number of morpholine rings is 1. The van der Waals surface area contributed by atoms with Crippen LogP contribution in [-0.4, -0.2) is 37.8 Å². The molecule has 1 aromatic rings. The smallest absolute Gasteiger partial charge is 0.227 e. The molecule has 0 aromatic carbocycles. The standard InChI is InChI=1S/C18H27NO4/c1-21-18-13-23-16(10-17(18)20)12-19-7-8-22-15(11-19)9-14-5-3-2-4-6-14/h10,13-15H,2-9,11-12H2,1H3/t15-/m1/s1. The highest BCUT2D eigenvalue weighted by Crippen LogP contribution is 2.29. The maximum atomic E-state index is 11.8. The van der Waals surface area contributed by atoms with E-state index in [-0.39, 0.29) is 11.2 Å². The van der Waals surface area contributed by atoms with Crippen molar-refractivity contribution in [3.8, 4) is 5.75 Å². The Morgan fingerprint density at radius 1 is 1.30 bits per heavy atom. The molecule has 1 saturated carbocycles. The minimum Gasteiger partial charge on any atom is -0.490 e. The Labute approximate surface area is 137 Å². The van der Waals surface area contributed by atoms with E-state index in [0.29, 0.717) is 18.4 Å². The van der Waals surface area contributed by atoms with Crippen molar-refractivity contribution in [3.63, 3.8) is 0 Å². The van der Waals surface area contributed by atoms with Crippen LogP contribution in [0.4, 0.5) is 0 Å². The van der Waals surface area contributed by atoms with E-state index in [1.807, 2.05) is 0 Å². The summed E-state index contributed by atoms with van der Waals surface area (Å²) in [5.74, 6) is 1.77. The van der Waals surface area contributed by atoms with Crippen LogP contribution >= 0.6 is 0 Å². The molecular weight excluding hydrogens is 294 g/mol. The number of rotatable bonds is 5. The number of hydrogen-bond donors (Lipinski definition) is 0. The lowest BCUT2D eigenvalue weighted by molar-refractivity contribution is -0.0456. The number of nitrogens with zero attached hydrogens (tertiary/aromatic N) is 1. The number of hydrogen-bond acceptors (Lipinski definition) is 5. The SMILES string of the molecule is COc1coc(CN2CCO[C@H](CC3CCCCC3)C2)cc1=O. The van der Waals surface area contributed by atoms with E-state index in [9.17, 15) is 4.79 Å². The first kappa shape index (κ1) is 16.5. The predicted octanol–water partition coefficient (Wildman–Crippen LogP) is 2.82. The summed E-state index contributed by atoms with van der Waals surface area (Å²) in [4.78, 5) is 14.1. The highest BCUT2D eigenvalue weighted by molar-refractivity contribution is 5.17. The van der Waals surface area contributed by atoms with Gasteiger partial charge in [0, 0.05) is 19.2 Å². The average Bonchev–Trinajstić information content (AvgIpc) is 2.56. The van der Waals surface area contributed by atoms with Crippen LogP contribution in [0.1, 0.15) is 44.3 Å². The Bertz CT molecular complexity index is 550. The first-order chi connectivity index (χ1) is 11.2. The molecule has 2 fully saturated rings. The van der Waals surface area contributed by atoms with Crippen molar-refractivity contribution in [3.05, 3.63) is 28.3 Å². The summed E-state index contributed by atoms with van der Waals surface area (Å²) in [7, 11) is 1.48. The first-order valence-electron chi connectivity index (χ1n) is 8.74. The Morgan fingerprint density at radius 3 is 2.87 bits per heavy atom. The fraction of sp³-hybridized carbons (Fsp3) is 0.722. The van der Waals surface area contributed by atoms with Crippen molar-refractivity contribution in [1.29, 1.82) is 0 Å². The summed E-state index contributed by atoms with van der Waals surface area (Å²) in [5.41, 5.74) is -0.124. The van der Waals surface area contributed by atoms with Gasteiger partial charge in [-0.15, -0.1) is 0 Å². The fourth-order valence-electron chi connectivity index (χ4n) is 3.75. The van der Waals surface area contributed by atoms with Crippen LogP contribution in [0.25, 0.3) is 0 Å². The van der Waals surface area contributed by atoms with Gasteiger partial charge in [0.1, 0.15) is 12.0 Å². The van der Waals surface area contributed by atoms with Gasteiger partial charge < -0.3 is 13.9 Å². The van der Waals surface area contributed by atoms with Gasteiger partial charge in [0.25, 0.3) is 0 Å². The van der Waals surface area contributed by atoms with E-state index >= 15 is 0 Å². The van der Waals surface area contributed by atoms with Crippen LogP contribution in [0, 0.1) is 5.92 Å². The Morgan fingerprint density at radius 2 is 2.13 bits per heavy atom. The molecule has 3 rings (SSSR count). The molecule has 5 nitrogen and oxygen atoms in total. The lowest BCUT2D eigenvalue weighted by Crippen LogP contribution is -2.42. The van der Waals surface area contributed by atoms with Crippen LogP contribution < -0.4 is 10.2 Å². The third-order valence-electron chi connectivity index (χ3n) is 5.00. The van der Waals surface area contributed by atoms with Gasteiger partial charge in [-0.05, 0) is 12.3 Å². The van der Waals surface area contributed by atoms with E-state index in [1.54, 1.807) is 0 Å². The van der Waals surface area contributed by atoms with Gasteiger partial charge in [-0.2, -0.15) is 0 Å². The van der Waals surface area contributed by atoms with Crippen LogP contribution in [0.2, 0.25) is 0 Å². The topological polar surface area (TPSA) is 51.9 Å². The molecular formula is C18H27NO4. The van der Waals surface area contributed by atoms with Gasteiger partial charge in [-0.25, -0.2) is 0 Å². The molecule has 0 amide bonds. The highest BCUT2D eigenvalue weighted by atomic mass is 16.5. The van der Waals surface area contributed by atoms with Gasteiger partial charge >= 0.3 is 0 Å². The molecule has 0 spiro atoms. The quantitative estimate of drug-likeness (QED) is 0.835. The maximum absolute atomic E-state index is 11.8. The lowest BCUT2D eigenvalue weighted by Gasteiger charge is -2.35. The zero-order chi connectivity index (χ0) is 16.1. The molecule has 0 N–H and O–H groups in total. The molecule has 1 atom stereocenters. The Hall–Kier alpha value is -1.33. The maximum Gasteiger partial charge on any atom is 0.227 e. The molecule has 1 aliphatic carbocycles. The zero-order valence-electron chi connectivity index (χ0n) is 14.0. The first-order valence-corrected chi connectivity index (χ1v) is 8.74. The Balaban J connectivity index is 1.53. The second kappa shape index (κ2) is 7.97. The molecule has 2 aliphatic rings. The minimum atomic E-state index is -0.124. The van der Waals surface area contributed by atoms with Crippen molar-refractivity contribution in [1.82, 2.24) is 4.90 Å². The van der Waals surface area contributed by atoms with Crippen LogP contribution in [-0.2, 0) is 11.3 Å². The summed E-state index contributed by atoms with van der Waals surface area (Å²) in [6.45, 7) is 3.23. The largest absolute Gasteiger partial charge is 0.490 e. The second-order valence-corrected chi connectivity index (χ2v) is 6.75. The van der Waals surface area contributed by atoms with E-state index in [0.717, 1.165) is 25.6 Å². The zero-order valence-corrected chi connectivity index (χ0v) is 14.0. The van der Waals surface area contributed by atoms with Crippen molar-refractivity contribution in [2.45, 2.75) is 51.2 Å². The van der Waals surface area contributed by atoms with Crippen LogP contribution in [0.3, 0.4) is 0 Å². The van der Waals surface area contributed by atoms with Crippen molar-refractivity contribution < 1.29 is 13.9 Å². The fourth-order valence-corrected chi connectivity index (χ4v) is 3.75. The molecule has 1 saturated heterocycles. The number of methoxy groups -OCH3 is 1. The van der Waals surface area contributed by atoms with Gasteiger partial charge in [-0.1, -0.05) is 32.1 Å². The van der Waals surface area contributed by atoms with Crippen molar-refractivity contribution in [2.75, 3.05) is 26.8 Å². The van der Waals surface area contributed by atoms with Crippen molar-refractivity contribution in [2.24, 2.45) is 5.92 Å². The van der Waals surface area contributed by atoms with E-state index < -0.39 is 0 Å².